The first-order valence-corrected chi connectivity index (χ1v) is 13.1. The highest BCUT2D eigenvalue weighted by Gasteiger charge is 2.31. The van der Waals surface area contributed by atoms with Gasteiger partial charge in [0.15, 0.2) is 10.8 Å². The molecule has 4 N–H and O–H groups in total. The first-order valence-electron chi connectivity index (χ1n) is 12.3. The number of nitrogens with one attached hydrogen (secondary N) is 1. The number of hydrazone groups is 1. The minimum atomic E-state index is -0.370. The number of amides is 1. The largest absolute Gasteiger partial charge is 0.391 e. The van der Waals surface area contributed by atoms with Crippen molar-refractivity contribution in [2.24, 2.45) is 10.9 Å². The maximum Gasteiger partial charge on any atom is 0.275 e. The lowest BCUT2D eigenvalue weighted by atomic mass is 10.2. The van der Waals surface area contributed by atoms with E-state index in [-0.39, 0.29) is 17.7 Å². The number of amidine groups is 1. The Morgan fingerprint density at radius 1 is 1.25 bits per heavy atom. The number of aliphatic hydroxyl groups excluding tert-OH is 1. The molecule has 6 rings (SSSR count). The molecule has 36 heavy (non-hydrogen) atoms. The highest BCUT2D eigenvalue weighted by atomic mass is 32.1. The molecular weight excluding hydrogens is 478 g/mol. The summed E-state index contributed by atoms with van der Waals surface area (Å²) in [5, 5.41) is 19.3. The SMILES string of the molecule is CN(/C(=N\N)c1nc(NC(=O)c2cc(-n3cnc(C4CC4)c3)c(N3CCC(O)C3)cn2)cs1)C1CC1. The predicted octanol–water partition coefficient (Wildman–Crippen LogP) is 2.14. The number of carbonyl (C=O) groups is 1. The molecule has 3 fully saturated rings. The molecule has 0 bridgehead atoms. The molecule has 2 saturated carbocycles. The number of β-amino-alcohol motifs (C(OH)–C–C–N with tert-alkyl or cyclic N) is 1. The summed E-state index contributed by atoms with van der Waals surface area (Å²) in [5.41, 5.74) is 3.01. The van der Waals surface area contributed by atoms with E-state index in [0.29, 0.717) is 41.6 Å². The van der Waals surface area contributed by atoms with Gasteiger partial charge in [-0.2, -0.15) is 5.10 Å². The molecular formula is C24H29N9O2S. The normalized spacial score (nSPS) is 20.1. The average molecular weight is 508 g/mol. The lowest BCUT2D eigenvalue weighted by Gasteiger charge is -2.21. The fourth-order valence-electron chi connectivity index (χ4n) is 4.58. The number of carbonyl (C=O) groups excluding carboxylic acids is 1. The number of thiazole rings is 1. The molecule has 3 aromatic heterocycles. The van der Waals surface area contributed by atoms with Gasteiger partial charge in [0.2, 0.25) is 0 Å². The molecule has 0 spiro atoms. The van der Waals surface area contributed by atoms with Crippen LogP contribution in [-0.2, 0) is 0 Å². The second kappa shape index (κ2) is 9.17. The Morgan fingerprint density at radius 2 is 2.08 bits per heavy atom. The van der Waals surface area contributed by atoms with Gasteiger partial charge in [-0.05, 0) is 38.2 Å². The van der Waals surface area contributed by atoms with E-state index >= 15 is 0 Å². The standard InChI is InChI=1S/C24H29N9O2S/c1-31(15-4-5-15)22(30-25)24-29-21(12-36-24)28-23(35)17-8-19(33-11-18(27-13-33)14-2-3-14)20(9-26-17)32-7-6-16(34)10-32/h8-9,11-16,34H,2-7,10,25H2,1H3,(H,28,35)/b30-22-. The van der Waals surface area contributed by atoms with Crippen LogP contribution in [0.5, 0.6) is 0 Å². The maximum atomic E-state index is 13.2. The monoisotopic (exact) mass is 507 g/mol. The maximum absolute atomic E-state index is 13.2. The van der Waals surface area contributed by atoms with Gasteiger partial charge in [0.1, 0.15) is 11.5 Å². The number of aromatic nitrogens is 4. The van der Waals surface area contributed by atoms with Crippen LogP contribution in [0, 0.1) is 0 Å². The van der Waals surface area contributed by atoms with Crippen molar-refractivity contribution in [3.8, 4) is 5.69 Å². The third-order valence-corrected chi connectivity index (χ3v) is 7.80. The van der Waals surface area contributed by atoms with Crippen LogP contribution in [-0.4, -0.2) is 73.6 Å². The summed E-state index contributed by atoms with van der Waals surface area (Å²) in [6.45, 7) is 1.26. The number of hydrogen-bond acceptors (Lipinski definition) is 9. The van der Waals surface area contributed by atoms with Crippen molar-refractivity contribution in [3.63, 3.8) is 0 Å². The van der Waals surface area contributed by atoms with E-state index in [2.05, 4.69) is 30.3 Å². The third-order valence-electron chi connectivity index (χ3n) is 6.96. The van der Waals surface area contributed by atoms with Gasteiger partial charge < -0.3 is 30.6 Å². The smallest absolute Gasteiger partial charge is 0.275 e. The van der Waals surface area contributed by atoms with Crippen LogP contribution in [0.2, 0.25) is 0 Å². The molecule has 3 aliphatic rings. The van der Waals surface area contributed by atoms with Crippen LogP contribution in [0.4, 0.5) is 11.5 Å². The highest BCUT2D eigenvalue weighted by Crippen LogP contribution is 2.39. The molecule has 3 aromatic rings. The molecule has 1 aliphatic heterocycles. The number of anilines is 2. The van der Waals surface area contributed by atoms with Crippen LogP contribution >= 0.6 is 11.3 Å². The topological polar surface area (TPSA) is 138 Å². The number of aliphatic hydroxyl groups is 1. The fraction of sp³-hybridized carbons (Fsp3) is 0.458. The van der Waals surface area contributed by atoms with E-state index < -0.39 is 0 Å². The van der Waals surface area contributed by atoms with Gasteiger partial charge in [-0.15, -0.1) is 11.3 Å². The van der Waals surface area contributed by atoms with Crippen LogP contribution in [0.25, 0.3) is 5.69 Å². The zero-order valence-corrected chi connectivity index (χ0v) is 20.9. The van der Waals surface area contributed by atoms with Crippen molar-refractivity contribution in [1.29, 1.82) is 0 Å². The summed E-state index contributed by atoms with van der Waals surface area (Å²) in [6, 6.07) is 2.21. The number of pyridine rings is 1. The number of rotatable bonds is 7. The van der Waals surface area contributed by atoms with Crippen molar-refractivity contribution in [2.45, 2.75) is 50.2 Å². The fourth-order valence-corrected chi connectivity index (χ4v) is 5.37. The molecule has 1 atom stereocenters. The van der Waals surface area contributed by atoms with Gasteiger partial charge in [-0.3, -0.25) is 4.79 Å². The number of imidazole rings is 1. The summed E-state index contributed by atoms with van der Waals surface area (Å²) < 4.78 is 1.95. The Morgan fingerprint density at radius 3 is 2.78 bits per heavy atom. The lowest BCUT2D eigenvalue weighted by Crippen LogP contribution is -2.30. The number of hydrogen-bond donors (Lipinski definition) is 3. The van der Waals surface area contributed by atoms with Crippen molar-refractivity contribution >= 4 is 34.6 Å². The lowest BCUT2D eigenvalue weighted by molar-refractivity contribution is 0.102. The summed E-state index contributed by atoms with van der Waals surface area (Å²) in [7, 11) is 1.96. The number of nitrogens with two attached hydrogens (primary N) is 1. The quantitative estimate of drug-likeness (QED) is 0.191. The Hall–Kier alpha value is -3.51. The van der Waals surface area contributed by atoms with E-state index in [1.165, 1.54) is 11.3 Å². The Bertz CT molecular complexity index is 1310. The van der Waals surface area contributed by atoms with E-state index in [1.807, 2.05) is 22.7 Å². The highest BCUT2D eigenvalue weighted by molar-refractivity contribution is 7.12. The summed E-state index contributed by atoms with van der Waals surface area (Å²) in [6.07, 6.45) is 10.4. The Balaban J connectivity index is 1.25. The van der Waals surface area contributed by atoms with Crippen LogP contribution in [0.1, 0.15) is 59.2 Å². The molecule has 0 aromatic carbocycles. The van der Waals surface area contributed by atoms with E-state index in [4.69, 9.17) is 5.84 Å². The second-order valence-corrected chi connectivity index (χ2v) is 10.6. The van der Waals surface area contributed by atoms with E-state index in [0.717, 1.165) is 49.3 Å². The zero-order valence-electron chi connectivity index (χ0n) is 20.0. The minimum Gasteiger partial charge on any atom is -0.391 e. The second-order valence-electron chi connectivity index (χ2n) is 9.71. The minimum absolute atomic E-state index is 0.271. The van der Waals surface area contributed by atoms with Crippen LogP contribution < -0.4 is 16.1 Å². The summed E-state index contributed by atoms with van der Waals surface area (Å²) in [5.74, 6) is 6.84. The summed E-state index contributed by atoms with van der Waals surface area (Å²) >= 11 is 1.38. The first kappa shape index (κ1) is 22.9. The molecule has 188 valence electrons. The molecule has 1 saturated heterocycles. The van der Waals surface area contributed by atoms with Crippen molar-refractivity contribution in [3.05, 3.63) is 46.6 Å². The van der Waals surface area contributed by atoms with Crippen molar-refractivity contribution < 1.29 is 9.90 Å². The van der Waals surface area contributed by atoms with E-state index in [1.54, 1.807) is 24.0 Å². The zero-order chi connectivity index (χ0) is 24.8. The first-order chi connectivity index (χ1) is 17.5. The molecule has 4 heterocycles. The van der Waals surface area contributed by atoms with Crippen molar-refractivity contribution in [2.75, 3.05) is 30.4 Å². The molecule has 11 nitrogen and oxygen atoms in total. The molecule has 1 amide bonds. The van der Waals surface area contributed by atoms with Gasteiger partial charge in [0.25, 0.3) is 5.91 Å². The molecule has 0 radical (unpaired) electrons. The molecule has 1 unspecified atom stereocenters. The Labute approximate surface area is 212 Å². The van der Waals surface area contributed by atoms with Gasteiger partial charge in [-0.1, -0.05) is 0 Å². The molecule has 2 aliphatic carbocycles. The Kier molecular flexibility index (Phi) is 5.84. The average Bonchev–Trinajstić information content (AvgIpc) is 3.78. The van der Waals surface area contributed by atoms with Gasteiger partial charge in [0.05, 0.1) is 35.7 Å². The van der Waals surface area contributed by atoms with Gasteiger partial charge in [0, 0.05) is 43.7 Å². The van der Waals surface area contributed by atoms with E-state index in [9.17, 15) is 9.90 Å². The third kappa shape index (κ3) is 4.53. The van der Waals surface area contributed by atoms with Crippen LogP contribution in [0.3, 0.4) is 0 Å². The number of nitrogens with zero attached hydrogens (tertiary/aromatic N) is 7. The molecule has 12 heteroatoms. The van der Waals surface area contributed by atoms with Crippen LogP contribution in [0.15, 0.2) is 35.3 Å². The van der Waals surface area contributed by atoms with Crippen molar-refractivity contribution in [1.82, 2.24) is 24.4 Å². The van der Waals surface area contributed by atoms with Gasteiger partial charge >= 0.3 is 0 Å². The predicted molar refractivity (Wildman–Crippen MR) is 138 cm³/mol. The van der Waals surface area contributed by atoms with Gasteiger partial charge in [-0.25, -0.2) is 15.0 Å². The summed E-state index contributed by atoms with van der Waals surface area (Å²) in [4.78, 5) is 30.9.